The Morgan fingerprint density at radius 2 is 1.62 bits per heavy atom. The summed E-state index contributed by atoms with van der Waals surface area (Å²) in [5.41, 5.74) is 7.77. The summed E-state index contributed by atoms with van der Waals surface area (Å²) < 4.78 is 20.8. The van der Waals surface area contributed by atoms with Gasteiger partial charge < -0.3 is 30.6 Å². The van der Waals surface area contributed by atoms with E-state index in [0.29, 0.717) is 36.9 Å². The number of aromatic nitrogens is 4. The summed E-state index contributed by atoms with van der Waals surface area (Å²) in [7, 11) is 0. The zero-order chi connectivity index (χ0) is 26.8. The van der Waals surface area contributed by atoms with E-state index in [1.165, 1.54) is 37.1 Å². The predicted octanol–water partition coefficient (Wildman–Crippen LogP) is 4.84. The quantitative estimate of drug-likeness (QED) is 0.409. The van der Waals surface area contributed by atoms with Gasteiger partial charge in [0.2, 0.25) is 5.95 Å². The number of nitrogens with one attached hydrogen (secondary N) is 2. The molecule has 1 aliphatic heterocycles. The molecule has 2 aliphatic carbocycles. The Kier molecular flexibility index (Phi) is 7.49. The van der Waals surface area contributed by atoms with E-state index >= 15 is 0 Å². The number of piperidine rings is 1. The molecule has 3 fully saturated rings. The summed E-state index contributed by atoms with van der Waals surface area (Å²) >= 11 is 0. The molecule has 10 nitrogen and oxygen atoms in total. The van der Waals surface area contributed by atoms with Gasteiger partial charge in [0, 0.05) is 37.3 Å². The van der Waals surface area contributed by atoms with E-state index < -0.39 is 6.09 Å². The third kappa shape index (κ3) is 5.93. The molecule has 1 aromatic carbocycles. The highest BCUT2D eigenvalue weighted by atomic mass is 19.1. The smallest absolute Gasteiger partial charge is 0.410 e. The number of anilines is 2. The Balaban J connectivity index is 1.15. The van der Waals surface area contributed by atoms with E-state index in [1.807, 2.05) is 6.33 Å². The molecule has 0 bridgehead atoms. The molecule has 3 heterocycles. The highest BCUT2D eigenvalue weighted by molar-refractivity contribution is 5.84. The van der Waals surface area contributed by atoms with Gasteiger partial charge in [-0.15, -0.1) is 0 Å². The Morgan fingerprint density at radius 1 is 0.923 bits per heavy atom. The van der Waals surface area contributed by atoms with Gasteiger partial charge in [-0.1, -0.05) is 12.8 Å². The minimum Gasteiger partial charge on any atom is -0.410 e. The fraction of sp³-hybridized carbons (Fsp3) is 0.571. The Labute approximate surface area is 227 Å². The predicted molar refractivity (Wildman–Crippen MR) is 147 cm³/mol. The third-order valence-corrected chi connectivity index (χ3v) is 8.36. The maximum Gasteiger partial charge on any atom is 0.415 e. The largest absolute Gasteiger partial charge is 0.415 e. The van der Waals surface area contributed by atoms with E-state index in [9.17, 15) is 9.18 Å². The topological polar surface area (TPSA) is 123 Å². The number of benzene rings is 1. The number of hydrogen-bond acceptors (Lipinski definition) is 8. The highest BCUT2D eigenvalue weighted by Crippen LogP contribution is 2.34. The van der Waals surface area contributed by atoms with Gasteiger partial charge in [-0.25, -0.2) is 14.2 Å². The van der Waals surface area contributed by atoms with Gasteiger partial charge in [0.25, 0.3) is 0 Å². The van der Waals surface area contributed by atoms with Crippen LogP contribution in [-0.2, 0) is 0 Å². The van der Waals surface area contributed by atoms with Crippen molar-refractivity contribution in [3.05, 3.63) is 36.4 Å². The van der Waals surface area contributed by atoms with Crippen molar-refractivity contribution in [2.45, 2.75) is 88.4 Å². The molecule has 3 aliphatic rings. The van der Waals surface area contributed by atoms with Crippen molar-refractivity contribution in [1.29, 1.82) is 0 Å². The lowest BCUT2D eigenvalue weighted by Gasteiger charge is -2.32. The molecule has 0 spiro atoms. The van der Waals surface area contributed by atoms with Crippen LogP contribution in [0.3, 0.4) is 0 Å². The number of ether oxygens (including phenoxy) is 1. The van der Waals surface area contributed by atoms with Gasteiger partial charge in [0.1, 0.15) is 11.6 Å². The van der Waals surface area contributed by atoms with Gasteiger partial charge >= 0.3 is 6.09 Å². The van der Waals surface area contributed by atoms with Crippen molar-refractivity contribution in [1.82, 2.24) is 24.4 Å². The lowest BCUT2D eigenvalue weighted by Crippen LogP contribution is -2.43. The van der Waals surface area contributed by atoms with Gasteiger partial charge in [0.15, 0.2) is 17.0 Å². The molecular weight excluding hydrogens is 499 g/mol. The van der Waals surface area contributed by atoms with E-state index in [4.69, 9.17) is 25.4 Å². The summed E-state index contributed by atoms with van der Waals surface area (Å²) in [4.78, 5) is 28.9. The number of carbonyl (C=O) groups is 1. The normalized spacial score (nSPS) is 22.8. The molecule has 39 heavy (non-hydrogen) atoms. The maximum atomic E-state index is 13.2. The van der Waals surface area contributed by atoms with Gasteiger partial charge in [-0.05, 0) is 75.6 Å². The first-order valence-electron chi connectivity index (χ1n) is 14.3. The summed E-state index contributed by atoms with van der Waals surface area (Å²) in [5, 5.41) is 7.20. The van der Waals surface area contributed by atoms with Crippen LogP contribution in [-0.4, -0.2) is 61.7 Å². The summed E-state index contributed by atoms with van der Waals surface area (Å²) in [6, 6.07) is 6.63. The summed E-state index contributed by atoms with van der Waals surface area (Å²) in [6.07, 6.45) is 11.8. The van der Waals surface area contributed by atoms with Crippen molar-refractivity contribution >= 4 is 29.0 Å². The molecule has 1 amide bonds. The van der Waals surface area contributed by atoms with Crippen LogP contribution in [0.2, 0.25) is 0 Å². The van der Waals surface area contributed by atoms with Crippen LogP contribution in [0.5, 0.6) is 5.75 Å². The number of hydrogen-bond donors (Lipinski definition) is 3. The molecular formula is C28H37FN8O2. The lowest BCUT2D eigenvalue weighted by molar-refractivity contribution is 0.140. The summed E-state index contributed by atoms with van der Waals surface area (Å²) in [6.45, 7) is 1.10. The number of fused-ring (bicyclic) bond motifs is 1. The zero-order valence-electron chi connectivity index (χ0n) is 22.2. The molecule has 0 unspecified atom stereocenters. The van der Waals surface area contributed by atoms with E-state index in [0.717, 1.165) is 68.3 Å². The number of rotatable bonds is 6. The first-order valence-corrected chi connectivity index (χ1v) is 14.3. The Hall–Kier alpha value is -3.47. The van der Waals surface area contributed by atoms with E-state index in [-0.39, 0.29) is 17.9 Å². The number of likely N-dealkylation sites (tertiary alicyclic amines) is 1. The molecule has 3 aromatic rings. The zero-order valence-corrected chi connectivity index (χ0v) is 22.2. The molecule has 2 aromatic heterocycles. The van der Waals surface area contributed by atoms with Crippen LogP contribution in [0.25, 0.3) is 11.2 Å². The van der Waals surface area contributed by atoms with Crippen molar-refractivity contribution in [2.75, 3.05) is 23.7 Å². The third-order valence-electron chi connectivity index (χ3n) is 8.36. The number of nitrogens with two attached hydrogens (primary N) is 1. The van der Waals surface area contributed by atoms with Crippen LogP contribution >= 0.6 is 0 Å². The Morgan fingerprint density at radius 3 is 2.33 bits per heavy atom. The van der Waals surface area contributed by atoms with Crippen LogP contribution in [0.15, 0.2) is 30.6 Å². The van der Waals surface area contributed by atoms with Crippen LogP contribution in [0, 0.1) is 5.82 Å². The van der Waals surface area contributed by atoms with E-state index in [2.05, 4.69) is 15.2 Å². The minimum atomic E-state index is -0.418. The number of imidazole rings is 1. The SMILES string of the molecule is NC1CCC(Nc2nc(NC3CCN(C(=O)Oc4ccc(F)cc4)CC3)c3ncn(C4CCCC4)c3n2)CC1. The minimum absolute atomic E-state index is 0.134. The van der Waals surface area contributed by atoms with Crippen molar-refractivity contribution in [2.24, 2.45) is 5.73 Å². The van der Waals surface area contributed by atoms with Gasteiger partial charge in [0.05, 0.1) is 6.33 Å². The fourth-order valence-corrected chi connectivity index (χ4v) is 6.05. The van der Waals surface area contributed by atoms with Crippen molar-refractivity contribution in [3.63, 3.8) is 0 Å². The molecule has 2 saturated carbocycles. The molecule has 0 atom stereocenters. The first-order chi connectivity index (χ1) is 19.0. The standard InChI is InChI=1S/C28H37FN8O2/c29-18-5-11-23(12-6-18)39-28(38)36-15-13-21(14-16-36)32-25-24-26(37(17-31-24)22-3-1-2-4-22)35-27(34-25)33-20-9-7-19(30)8-10-20/h5-6,11-12,17,19-22H,1-4,7-10,13-16,30H2,(H2,32,33,34,35). The molecule has 208 valence electrons. The summed E-state index contributed by atoms with van der Waals surface area (Å²) in [5.74, 6) is 1.34. The monoisotopic (exact) mass is 536 g/mol. The van der Waals surface area contributed by atoms with Crippen LogP contribution in [0.4, 0.5) is 21.0 Å². The molecule has 0 radical (unpaired) electrons. The van der Waals surface area contributed by atoms with E-state index in [1.54, 1.807) is 4.90 Å². The van der Waals surface area contributed by atoms with Crippen molar-refractivity contribution < 1.29 is 13.9 Å². The average molecular weight is 537 g/mol. The average Bonchev–Trinajstić information content (AvgIpc) is 3.62. The molecule has 6 rings (SSSR count). The second kappa shape index (κ2) is 11.3. The number of halogens is 1. The number of amides is 1. The van der Waals surface area contributed by atoms with Gasteiger partial charge in [-0.3, -0.25) is 0 Å². The highest BCUT2D eigenvalue weighted by Gasteiger charge is 2.27. The Bertz CT molecular complexity index is 1280. The van der Waals surface area contributed by atoms with Crippen LogP contribution in [0.1, 0.15) is 70.3 Å². The molecule has 11 heteroatoms. The first kappa shape index (κ1) is 25.8. The van der Waals surface area contributed by atoms with Crippen molar-refractivity contribution in [3.8, 4) is 5.75 Å². The number of nitrogens with zero attached hydrogens (tertiary/aromatic N) is 5. The number of carbonyl (C=O) groups excluding carboxylic acids is 1. The van der Waals surface area contributed by atoms with Gasteiger partial charge in [-0.2, -0.15) is 9.97 Å². The van der Waals surface area contributed by atoms with Crippen LogP contribution < -0.4 is 21.1 Å². The lowest BCUT2D eigenvalue weighted by atomic mass is 9.92. The second-order valence-corrected chi connectivity index (χ2v) is 11.1. The molecule has 4 N–H and O–H groups in total. The maximum absolute atomic E-state index is 13.2. The molecule has 1 saturated heterocycles. The fourth-order valence-electron chi connectivity index (χ4n) is 6.05. The second-order valence-electron chi connectivity index (χ2n) is 11.1.